The maximum Gasteiger partial charge on any atom is 0.323 e. The minimum Gasteiger partial charge on any atom is -0.508 e. The van der Waals surface area contributed by atoms with Crippen molar-refractivity contribution in [3.8, 4) is 16.9 Å². The molecule has 0 fully saturated rings. The topological polar surface area (TPSA) is 72.5 Å². The normalized spacial score (nSPS) is 11.9. The predicted molar refractivity (Wildman–Crippen MR) is 81.9 cm³/mol. The van der Waals surface area contributed by atoms with Crippen LogP contribution >= 0.6 is 0 Å². The first-order valence-electron chi connectivity index (χ1n) is 6.90. The quantitative estimate of drug-likeness (QED) is 0.828. The first-order valence-corrected chi connectivity index (χ1v) is 6.90. The van der Waals surface area contributed by atoms with E-state index >= 15 is 0 Å². The molecule has 0 saturated heterocycles. The molecule has 0 saturated carbocycles. The van der Waals surface area contributed by atoms with Gasteiger partial charge in [0.05, 0.1) is 6.61 Å². The maximum absolute atomic E-state index is 11.6. The van der Waals surface area contributed by atoms with E-state index in [1.807, 2.05) is 36.4 Å². The average molecular weight is 285 g/mol. The summed E-state index contributed by atoms with van der Waals surface area (Å²) >= 11 is 0. The van der Waals surface area contributed by atoms with Crippen molar-refractivity contribution in [1.29, 1.82) is 0 Å². The number of ether oxygens (including phenoxy) is 1. The average Bonchev–Trinajstić information content (AvgIpc) is 2.48. The molecule has 0 amide bonds. The highest BCUT2D eigenvalue weighted by Crippen LogP contribution is 2.23. The molecule has 0 radical (unpaired) electrons. The first-order chi connectivity index (χ1) is 10.1. The van der Waals surface area contributed by atoms with Gasteiger partial charge < -0.3 is 15.6 Å². The molecule has 4 nitrogen and oxygen atoms in total. The molecule has 0 aliphatic rings. The molecule has 110 valence electrons. The van der Waals surface area contributed by atoms with Crippen LogP contribution in [0.2, 0.25) is 0 Å². The summed E-state index contributed by atoms with van der Waals surface area (Å²) in [5.41, 5.74) is 8.83. The number of benzene rings is 2. The van der Waals surface area contributed by atoms with E-state index in [1.165, 1.54) is 0 Å². The molecule has 4 heteroatoms. The Hall–Kier alpha value is -2.33. The largest absolute Gasteiger partial charge is 0.508 e. The van der Waals surface area contributed by atoms with Gasteiger partial charge in [0.25, 0.3) is 0 Å². The number of esters is 1. The highest BCUT2D eigenvalue weighted by atomic mass is 16.5. The molecule has 0 aliphatic heterocycles. The first kappa shape index (κ1) is 15.1. The lowest BCUT2D eigenvalue weighted by Gasteiger charge is -2.11. The Kier molecular flexibility index (Phi) is 4.95. The fourth-order valence-electron chi connectivity index (χ4n) is 2.12. The van der Waals surface area contributed by atoms with E-state index < -0.39 is 6.04 Å². The third-order valence-electron chi connectivity index (χ3n) is 3.17. The van der Waals surface area contributed by atoms with Crippen molar-refractivity contribution in [2.24, 2.45) is 5.73 Å². The van der Waals surface area contributed by atoms with Crippen molar-refractivity contribution in [2.45, 2.75) is 19.4 Å². The van der Waals surface area contributed by atoms with E-state index in [4.69, 9.17) is 10.5 Å². The van der Waals surface area contributed by atoms with Crippen molar-refractivity contribution in [3.05, 3.63) is 54.1 Å². The molecule has 2 aromatic rings. The van der Waals surface area contributed by atoms with E-state index in [0.29, 0.717) is 13.0 Å². The van der Waals surface area contributed by atoms with Crippen LogP contribution in [0.4, 0.5) is 0 Å². The summed E-state index contributed by atoms with van der Waals surface area (Å²) in [4.78, 5) is 11.6. The monoisotopic (exact) mass is 285 g/mol. The van der Waals surface area contributed by atoms with Gasteiger partial charge in [-0.05, 0) is 42.2 Å². The second-order valence-electron chi connectivity index (χ2n) is 4.81. The summed E-state index contributed by atoms with van der Waals surface area (Å²) in [5.74, 6) is -0.147. The summed E-state index contributed by atoms with van der Waals surface area (Å²) in [6.07, 6.45) is 0.435. The SMILES string of the molecule is CCOC(=O)[C@H](N)Cc1cccc(-c2ccc(O)cc2)c1. The number of phenolic OH excluding ortho intramolecular Hbond substituents is 1. The van der Waals surface area contributed by atoms with Gasteiger partial charge in [-0.3, -0.25) is 4.79 Å². The zero-order chi connectivity index (χ0) is 15.2. The molecule has 1 atom stereocenters. The molecular formula is C17H19NO3. The zero-order valence-electron chi connectivity index (χ0n) is 12.0. The number of hydrogen-bond donors (Lipinski definition) is 2. The molecule has 0 aromatic heterocycles. The van der Waals surface area contributed by atoms with E-state index in [-0.39, 0.29) is 11.7 Å². The zero-order valence-corrected chi connectivity index (χ0v) is 12.0. The van der Waals surface area contributed by atoms with Crippen LogP contribution in [0.25, 0.3) is 11.1 Å². The van der Waals surface area contributed by atoms with Crippen molar-refractivity contribution in [3.63, 3.8) is 0 Å². The molecule has 0 aliphatic carbocycles. The Morgan fingerprint density at radius 3 is 2.57 bits per heavy atom. The summed E-state index contributed by atoms with van der Waals surface area (Å²) in [5, 5.41) is 9.32. The van der Waals surface area contributed by atoms with Gasteiger partial charge in [-0.25, -0.2) is 0 Å². The molecule has 21 heavy (non-hydrogen) atoms. The van der Waals surface area contributed by atoms with Gasteiger partial charge in [0.2, 0.25) is 0 Å². The lowest BCUT2D eigenvalue weighted by atomic mass is 9.99. The van der Waals surface area contributed by atoms with Gasteiger partial charge in [0, 0.05) is 0 Å². The highest BCUT2D eigenvalue weighted by molar-refractivity contribution is 5.76. The minimum absolute atomic E-state index is 0.235. The standard InChI is InChI=1S/C17H19NO3/c1-2-21-17(20)16(18)11-12-4-3-5-14(10-12)13-6-8-15(19)9-7-13/h3-10,16,19H,2,11,18H2,1H3/t16-/m1/s1. The van der Waals surface area contributed by atoms with Crippen LogP contribution in [-0.4, -0.2) is 23.7 Å². The summed E-state index contributed by atoms with van der Waals surface area (Å²) in [6.45, 7) is 2.09. The lowest BCUT2D eigenvalue weighted by molar-refractivity contribution is -0.144. The maximum atomic E-state index is 11.6. The molecule has 0 heterocycles. The molecular weight excluding hydrogens is 266 g/mol. The number of carbonyl (C=O) groups is 1. The number of rotatable bonds is 5. The Bertz CT molecular complexity index is 608. The van der Waals surface area contributed by atoms with Crippen molar-refractivity contribution >= 4 is 5.97 Å². The van der Waals surface area contributed by atoms with Gasteiger partial charge >= 0.3 is 5.97 Å². The van der Waals surface area contributed by atoms with Crippen molar-refractivity contribution < 1.29 is 14.6 Å². The van der Waals surface area contributed by atoms with Crippen LogP contribution < -0.4 is 5.73 Å². The Balaban J connectivity index is 2.14. The number of nitrogens with two attached hydrogens (primary N) is 1. The van der Waals surface area contributed by atoms with Crippen LogP contribution in [0.3, 0.4) is 0 Å². The van der Waals surface area contributed by atoms with Crippen LogP contribution in [-0.2, 0) is 16.0 Å². The van der Waals surface area contributed by atoms with Crippen LogP contribution in [0.15, 0.2) is 48.5 Å². The number of hydrogen-bond acceptors (Lipinski definition) is 4. The second kappa shape index (κ2) is 6.90. The van der Waals surface area contributed by atoms with Gasteiger partial charge in [0.1, 0.15) is 11.8 Å². The van der Waals surface area contributed by atoms with E-state index in [1.54, 1.807) is 19.1 Å². The number of phenols is 1. The predicted octanol–water partition coefficient (Wildman–Crippen LogP) is 2.49. The molecule has 0 unspecified atom stereocenters. The van der Waals surface area contributed by atoms with Gasteiger partial charge in [-0.2, -0.15) is 0 Å². The molecule has 2 aromatic carbocycles. The van der Waals surface area contributed by atoms with Gasteiger partial charge in [-0.15, -0.1) is 0 Å². The Morgan fingerprint density at radius 2 is 1.90 bits per heavy atom. The fraction of sp³-hybridized carbons (Fsp3) is 0.235. The summed E-state index contributed by atoms with van der Waals surface area (Å²) in [7, 11) is 0. The Labute approximate surface area is 124 Å². The van der Waals surface area contributed by atoms with Gasteiger partial charge in [0.15, 0.2) is 0 Å². The van der Waals surface area contributed by atoms with Gasteiger partial charge in [-0.1, -0.05) is 36.4 Å². The van der Waals surface area contributed by atoms with Crippen LogP contribution in [0.1, 0.15) is 12.5 Å². The van der Waals surface area contributed by atoms with E-state index in [9.17, 15) is 9.90 Å². The molecule has 0 bridgehead atoms. The second-order valence-corrected chi connectivity index (χ2v) is 4.81. The third kappa shape index (κ3) is 4.07. The number of carbonyl (C=O) groups excluding carboxylic acids is 1. The smallest absolute Gasteiger partial charge is 0.323 e. The van der Waals surface area contributed by atoms with Crippen molar-refractivity contribution in [2.75, 3.05) is 6.61 Å². The summed E-state index contributed by atoms with van der Waals surface area (Å²) < 4.78 is 4.91. The summed E-state index contributed by atoms with van der Waals surface area (Å²) in [6, 6.07) is 14.2. The Morgan fingerprint density at radius 1 is 1.19 bits per heavy atom. The van der Waals surface area contributed by atoms with Crippen LogP contribution in [0.5, 0.6) is 5.75 Å². The fourth-order valence-corrected chi connectivity index (χ4v) is 2.12. The minimum atomic E-state index is -0.653. The molecule has 3 N–H and O–H groups in total. The van der Waals surface area contributed by atoms with E-state index in [0.717, 1.165) is 16.7 Å². The third-order valence-corrected chi connectivity index (χ3v) is 3.17. The van der Waals surface area contributed by atoms with E-state index in [2.05, 4.69) is 0 Å². The van der Waals surface area contributed by atoms with Crippen molar-refractivity contribution in [1.82, 2.24) is 0 Å². The molecule has 0 spiro atoms. The number of aromatic hydroxyl groups is 1. The molecule has 2 rings (SSSR count). The van der Waals surface area contributed by atoms with Crippen LogP contribution in [0, 0.1) is 0 Å². The highest BCUT2D eigenvalue weighted by Gasteiger charge is 2.15. The lowest BCUT2D eigenvalue weighted by Crippen LogP contribution is -2.34.